The highest BCUT2D eigenvalue weighted by molar-refractivity contribution is 5.56. The van der Waals surface area contributed by atoms with Gasteiger partial charge < -0.3 is 14.6 Å². The average Bonchev–Trinajstić information content (AvgIpc) is 2.30. The molecule has 0 aliphatic heterocycles. The Morgan fingerprint density at radius 1 is 1.38 bits per heavy atom. The van der Waals surface area contributed by atoms with E-state index < -0.39 is 6.16 Å². The number of carboxylic acid groups (broad SMARTS) is 1. The van der Waals surface area contributed by atoms with Crippen LogP contribution >= 0.6 is 0 Å². The molecular formula is C12H16O4. The minimum atomic E-state index is -1.26. The van der Waals surface area contributed by atoms with Gasteiger partial charge in [-0.2, -0.15) is 0 Å². The summed E-state index contributed by atoms with van der Waals surface area (Å²) < 4.78 is 9.84. The first kappa shape index (κ1) is 12.5. The number of carbonyl (C=O) groups is 1. The zero-order chi connectivity index (χ0) is 12.0. The maximum Gasteiger partial charge on any atom is 0.505 e. The molecular weight excluding hydrogens is 208 g/mol. The van der Waals surface area contributed by atoms with Crippen molar-refractivity contribution in [2.75, 3.05) is 13.7 Å². The number of benzene rings is 1. The fraction of sp³-hybridized carbons (Fsp3) is 0.417. The van der Waals surface area contributed by atoms with E-state index in [0.29, 0.717) is 0 Å². The van der Waals surface area contributed by atoms with Crippen LogP contribution in [-0.2, 0) is 9.47 Å². The van der Waals surface area contributed by atoms with Gasteiger partial charge in [0.2, 0.25) is 0 Å². The van der Waals surface area contributed by atoms with E-state index in [4.69, 9.17) is 9.84 Å². The zero-order valence-electron chi connectivity index (χ0n) is 9.42. The van der Waals surface area contributed by atoms with E-state index in [1.165, 1.54) is 0 Å². The quantitative estimate of drug-likeness (QED) is 0.781. The summed E-state index contributed by atoms with van der Waals surface area (Å²) in [5.41, 5.74) is 1.01. The largest absolute Gasteiger partial charge is 0.505 e. The van der Waals surface area contributed by atoms with Crippen LogP contribution in [0.3, 0.4) is 0 Å². The van der Waals surface area contributed by atoms with Crippen LogP contribution in [0.5, 0.6) is 0 Å². The second-order valence-electron chi connectivity index (χ2n) is 3.53. The average molecular weight is 224 g/mol. The van der Waals surface area contributed by atoms with Crippen LogP contribution in [-0.4, -0.2) is 31.1 Å². The molecule has 4 nitrogen and oxygen atoms in total. The molecule has 16 heavy (non-hydrogen) atoms. The topological polar surface area (TPSA) is 55.8 Å². The zero-order valence-corrected chi connectivity index (χ0v) is 9.42. The third-order valence-corrected chi connectivity index (χ3v) is 2.55. The van der Waals surface area contributed by atoms with Crippen molar-refractivity contribution in [3.8, 4) is 0 Å². The van der Waals surface area contributed by atoms with Crippen molar-refractivity contribution in [3.05, 3.63) is 35.9 Å². The van der Waals surface area contributed by atoms with Gasteiger partial charge in [-0.3, -0.25) is 0 Å². The standard InChI is InChI=1S/C12H16O4/c1-9(15-2)11(8-16-12(13)14)10-6-4-3-5-7-10/h3-7,9,11H,8H2,1-2H3,(H,13,14). The van der Waals surface area contributed by atoms with Crippen LogP contribution < -0.4 is 0 Å². The maximum absolute atomic E-state index is 10.4. The summed E-state index contributed by atoms with van der Waals surface area (Å²) in [4.78, 5) is 10.4. The van der Waals surface area contributed by atoms with Crippen molar-refractivity contribution < 1.29 is 19.4 Å². The summed E-state index contributed by atoms with van der Waals surface area (Å²) in [7, 11) is 1.60. The van der Waals surface area contributed by atoms with E-state index in [1.54, 1.807) is 7.11 Å². The molecule has 2 atom stereocenters. The predicted molar refractivity (Wildman–Crippen MR) is 59.6 cm³/mol. The number of rotatable bonds is 5. The minimum Gasteiger partial charge on any atom is -0.450 e. The molecule has 1 rings (SSSR count). The van der Waals surface area contributed by atoms with Gasteiger partial charge in [-0.1, -0.05) is 30.3 Å². The summed E-state index contributed by atoms with van der Waals surface area (Å²) in [5, 5.41) is 8.50. The van der Waals surface area contributed by atoms with E-state index in [1.807, 2.05) is 37.3 Å². The lowest BCUT2D eigenvalue weighted by Gasteiger charge is -2.22. The molecule has 0 radical (unpaired) electrons. The lowest BCUT2D eigenvalue weighted by Crippen LogP contribution is -2.23. The third-order valence-electron chi connectivity index (χ3n) is 2.55. The van der Waals surface area contributed by atoms with Crippen molar-refractivity contribution in [3.63, 3.8) is 0 Å². The Morgan fingerprint density at radius 3 is 2.50 bits per heavy atom. The van der Waals surface area contributed by atoms with Gasteiger partial charge in [0.05, 0.1) is 6.10 Å². The lowest BCUT2D eigenvalue weighted by molar-refractivity contribution is 0.0432. The van der Waals surface area contributed by atoms with Crippen molar-refractivity contribution in [1.82, 2.24) is 0 Å². The molecule has 0 amide bonds. The van der Waals surface area contributed by atoms with E-state index in [2.05, 4.69) is 4.74 Å². The Bertz CT molecular complexity index is 323. The first-order valence-corrected chi connectivity index (χ1v) is 5.08. The van der Waals surface area contributed by atoms with Crippen molar-refractivity contribution >= 4 is 6.16 Å². The third kappa shape index (κ3) is 3.55. The Labute approximate surface area is 94.8 Å². The maximum atomic E-state index is 10.4. The van der Waals surface area contributed by atoms with E-state index in [-0.39, 0.29) is 18.6 Å². The second-order valence-corrected chi connectivity index (χ2v) is 3.53. The fourth-order valence-electron chi connectivity index (χ4n) is 1.53. The van der Waals surface area contributed by atoms with Crippen molar-refractivity contribution in [2.45, 2.75) is 18.9 Å². The summed E-state index contributed by atoms with van der Waals surface area (Å²) in [6.07, 6.45) is -1.36. The summed E-state index contributed by atoms with van der Waals surface area (Å²) >= 11 is 0. The molecule has 1 N–H and O–H groups in total. The van der Waals surface area contributed by atoms with Crippen molar-refractivity contribution in [1.29, 1.82) is 0 Å². The van der Waals surface area contributed by atoms with Crippen LogP contribution in [0.1, 0.15) is 18.4 Å². The Hall–Kier alpha value is -1.55. The molecule has 88 valence electrons. The summed E-state index contributed by atoms with van der Waals surface area (Å²) in [6.45, 7) is 2.00. The first-order chi connectivity index (χ1) is 7.65. The smallest absolute Gasteiger partial charge is 0.450 e. The molecule has 0 aliphatic rings. The van der Waals surface area contributed by atoms with Gasteiger partial charge in [0.15, 0.2) is 0 Å². The molecule has 1 aromatic carbocycles. The summed E-state index contributed by atoms with van der Waals surface area (Å²) in [6, 6.07) is 9.60. The number of hydrogen-bond donors (Lipinski definition) is 1. The number of ether oxygens (including phenoxy) is 2. The molecule has 2 unspecified atom stereocenters. The van der Waals surface area contributed by atoms with Crippen LogP contribution in [0.4, 0.5) is 4.79 Å². The van der Waals surface area contributed by atoms with Gasteiger partial charge in [0.25, 0.3) is 0 Å². The normalized spacial score (nSPS) is 14.1. The molecule has 0 aromatic heterocycles. The molecule has 0 fully saturated rings. The molecule has 0 heterocycles. The molecule has 1 aromatic rings. The molecule has 0 bridgehead atoms. The van der Waals surface area contributed by atoms with Gasteiger partial charge in [-0.25, -0.2) is 4.79 Å². The van der Waals surface area contributed by atoms with Gasteiger partial charge in [-0.15, -0.1) is 0 Å². The highest BCUT2D eigenvalue weighted by atomic mass is 16.7. The van der Waals surface area contributed by atoms with Crippen LogP contribution in [0.2, 0.25) is 0 Å². The lowest BCUT2D eigenvalue weighted by atomic mass is 9.95. The van der Waals surface area contributed by atoms with Gasteiger partial charge >= 0.3 is 6.16 Å². The molecule has 0 saturated carbocycles. The fourth-order valence-corrected chi connectivity index (χ4v) is 1.53. The minimum absolute atomic E-state index is 0.0812. The van der Waals surface area contributed by atoms with E-state index >= 15 is 0 Å². The second kappa shape index (κ2) is 6.12. The van der Waals surface area contributed by atoms with Gasteiger partial charge in [-0.05, 0) is 12.5 Å². The number of methoxy groups -OCH3 is 1. The predicted octanol–water partition coefficient (Wildman–Crippen LogP) is 2.50. The Balaban J connectivity index is 2.75. The molecule has 4 heteroatoms. The van der Waals surface area contributed by atoms with Crippen LogP contribution in [0.15, 0.2) is 30.3 Å². The Morgan fingerprint density at radius 2 is 2.00 bits per heavy atom. The highest BCUT2D eigenvalue weighted by Crippen LogP contribution is 2.21. The van der Waals surface area contributed by atoms with Gasteiger partial charge in [0.1, 0.15) is 6.61 Å². The molecule has 0 spiro atoms. The van der Waals surface area contributed by atoms with Crippen LogP contribution in [0, 0.1) is 0 Å². The van der Waals surface area contributed by atoms with E-state index in [0.717, 1.165) is 5.56 Å². The monoisotopic (exact) mass is 224 g/mol. The van der Waals surface area contributed by atoms with Crippen LogP contribution in [0.25, 0.3) is 0 Å². The number of hydrogen-bond acceptors (Lipinski definition) is 3. The van der Waals surface area contributed by atoms with Gasteiger partial charge in [0, 0.05) is 13.0 Å². The van der Waals surface area contributed by atoms with Crippen molar-refractivity contribution in [2.24, 2.45) is 0 Å². The summed E-state index contributed by atoms with van der Waals surface area (Å²) in [5.74, 6) is -0.0812. The molecule has 0 aliphatic carbocycles. The van der Waals surface area contributed by atoms with E-state index in [9.17, 15) is 4.79 Å². The molecule has 0 saturated heterocycles. The first-order valence-electron chi connectivity index (χ1n) is 5.08. The SMILES string of the molecule is COC(C)C(COC(=O)O)c1ccccc1. The highest BCUT2D eigenvalue weighted by Gasteiger charge is 2.20. The Kier molecular flexibility index (Phi) is 4.79.